The second-order valence-corrected chi connectivity index (χ2v) is 12.6. The van der Waals surface area contributed by atoms with Crippen LogP contribution >= 0.6 is 0 Å². The molecule has 62 heavy (non-hydrogen) atoms. The van der Waals surface area contributed by atoms with E-state index in [1.807, 2.05) is 0 Å². The molecule has 0 heterocycles. The van der Waals surface area contributed by atoms with Crippen molar-refractivity contribution >= 4 is 66.4 Å². The SMILES string of the molecule is Fc1c(F)c(F)c(B(Oc2c(F)c(F)c(F)c3c(F)c4c(F)c(F)c(F)c(F)c4c(F)c23)Oc2c(F)c(F)c3c(F)c(F)c4c(F)c(F)c(F)c5c(F)c(F)c2c3c45)c(F)c1F. The molecule has 26 heteroatoms. The summed E-state index contributed by atoms with van der Waals surface area (Å²) < 4.78 is 357. The minimum absolute atomic E-state index is 1.93. The molecule has 320 valence electrons. The van der Waals surface area contributed by atoms with Crippen LogP contribution < -0.4 is 14.8 Å². The van der Waals surface area contributed by atoms with Gasteiger partial charge in [-0.25, -0.2) is 92.2 Å². The summed E-state index contributed by atoms with van der Waals surface area (Å²) in [5.74, 6) is -74.2. The lowest BCUT2D eigenvalue weighted by Crippen LogP contribution is -2.48. The first kappa shape index (κ1) is 42.1. The van der Waals surface area contributed by atoms with Gasteiger partial charge in [-0.15, -0.1) is 0 Å². The van der Waals surface area contributed by atoms with Crippen LogP contribution in [-0.4, -0.2) is 7.12 Å². The standard InChI is InChI=1S/C36BF23O2/c38-12-6-7(20(46)28(54)27(53)19(6)45)13(39)10-8(12)21(47)29(55)34(60)36(10)62-37(11-24(50)30(56)32(58)31(57)25(11)51)61-35-9-2-1-3(14(40)15(41)5(2)22(48)33(35)59)17(43)26(52)18(44)4(1)16(42)23(9)49. The highest BCUT2D eigenvalue weighted by Crippen LogP contribution is 2.49. The van der Waals surface area contributed by atoms with Crippen LogP contribution in [0.25, 0.3) is 53.9 Å². The molecule has 0 spiro atoms. The monoisotopic (exact) mass is 912 g/mol. The molecule has 2 nitrogen and oxygen atoms in total. The molecule has 0 aromatic heterocycles. The quantitative estimate of drug-likeness (QED) is 0.0428. The Hall–Kier alpha value is -6.63. The van der Waals surface area contributed by atoms with Crippen LogP contribution in [0.15, 0.2) is 0 Å². The van der Waals surface area contributed by atoms with E-state index in [-0.39, 0.29) is 0 Å². The van der Waals surface area contributed by atoms with E-state index in [4.69, 9.17) is 0 Å². The Morgan fingerprint density at radius 2 is 0.371 bits per heavy atom. The van der Waals surface area contributed by atoms with Gasteiger partial charge in [0.25, 0.3) is 0 Å². The second kappa shape index (κ2) is 13.7. The minimum Gasteiger partial charge on any atom is -0.519 e. The van der Waals surface area contributed by atoms with Crippen molar-refractivity contribution in [2.45, 2.75) is 0 Å². The highest BCUT2D eigenvalue weighted by Gasteiger charge is 2.45. The predicted octanol–water partition coefficient (Wildman–Crippen LogP) is 11.9. The molecule has 0 aliphatic rings. The summed E-state index contributed by atoms with van der Waals surface area (Å²) >= 11 is 0. The largest absolute Gasteiger partial charge is 0.639 e. The zero-order valence-corrected chi connectivity index (χ0v) is 28.1. The van der Waals surface area contributed by atoms with E-state index in [2.05, 4.69) is 9.31 Å². The Morgan fingerprint density at radius 3 is 0.774 bits per heavy atom. The van der Waals surface area contributed by atoms with Gasteiger partial charge in [-0.2, -0.15) is 8.78 Å². The lowest BCUT2D eigenvalue weighted by molar-refractivity contribution is 0.365. The molecule has 0 saturated heterocycles. The van der Waals surface area contributed by atoms with Gasteiger partial charge in [0.05, 0.1) is 48.6 Å². The average molecular weight is 912 g/mol. The fourth-order valence-corrected chi connectivity index (χ4v) is 6.85. The van der Waals surface area contributed by atoms with Crippen LogP contribution in [0.1, 0.15) is 0 Å². The molecule has 0 N–H and O–H groups in total. The molecule has 0 unspecified atom stereocenters. The van der Waals surface area contributed by atoms with E-state index in [1.165, 1.54) is 0 Å². The highest BCUT2D eigenvalue weighted by atomic mass is 19.2. The summed E-state index contributed by atoms with van der Waals surface area (Å²) in [5.41, 5.74) is -2.85. The van der Waals surface area contributed by atoms with Gasteiger partial charge in [0, 0.05) is 10.8 Å². The van der Waals surface area contributed by atoms with Crippen molar-refractivity contribution in [3.63, 3.8) is 0 Å². The Balaban J connectivity index is 1.54. The van der Waals surface area contributed by atoms with E-state index in [0.29, 0.717) is 0 Å². The number of benzene rings is 8. The van der Waals surface area contributed by atoms with Crippen LogP contribution in [0.5, 0.6) is 11.5 Å². The van der Waals surface area contributed by atoms with Gasteiger partial charge in [0.1, 0.15) is 11.6 Å². The molecule has 0 saturated carbocycles. The first-order chi connectivity index (χ1) is 28.9. The predicted molar refractivity (Wildman–Crippen MR) is 164 cm³/mol. The Kier molecular flexibility index (Phi) is 9.29. The molecular formula is C36BF23O2. The van der Waals surface area contributed by atoms with Gasteiger partial charge < -0.3 is 9.31 Å². The Morgan fingerprint density at radius 1 is 0.177 bits per heavy atom. The summed E-state index contributed by atoms with van der Waals surface area (Å²) in [4.78, 5) is 0. The second-order valence-electron chi connectivity index (χ2n) is 12.6. The maximum absolute atomic E-state index is 16.1. The molecular weight excluding hydrogens is 912 g/mol. The average Bonchev–Trinajstić information content (AvgIpc) is 3.23. The van der Waals surface area contributed by atoms with Crippen molar-refractivity contribution < 1.29 is 110 Å². The minimum atomic E-state index is -4.31. The zero-order valence-electron chi connectivity index (χ0n) is 28.1. The molecule has 8 aromatic rings. The van der Waals surface area contributed by atoms with Crippen molar-refractivity contribution in [2.24, 2.45) is 0 Å². The van der Waals surface area contributed by atoms with Gasteiger partial charge >= 0.3 is 7.12 Å². The smallest absolute Gasteiger partial charge is 0.519 e. The maximum atomic E-state index is 16.1. The van der Waals surface area contributed by atoms with E-state index >= 15 is 57.1 Å². The molecule has 0 aliphatic heterocycles. The van der Waals surface area contributed by atoms with Gasteiger partial charge in [-0.3, -0.25) is 0 Å². The molecule has 0 fully saturated rings. The lowest BCUT2D eigenvalue weighted by atomic mass is 9.76. The van der Waals surface area contributed by atoms with Gasteiger partial charge in [-0.05, 0) is 0 Å². The van der Waals surface area contributed by atoms with Crippen LogP contribution in [0.2, 0.25) is 0 Å². The van der Waals surface area contributed by atoms with Gasteiger partial charge in [0.2, 0.25) is 5.82 Å². The lowest BCUT2D eigenvalue weighted by Gasteiger charge is -2.24. The third-order valence-electron chi connectivity index (χ3n) is 9.53. The zero-order chi connectivity index (χ0) is 45.8. The molecule has 8 rings (SSSR count). The molecule has 8 aromatic carbocycles. The number of hydrogen-bond donors (Lipinski definition) is 0. The van der Waals surface area contributed by atoms with Crippen molar-refractivity contribution in [2.75, 3.05) is 0 Å². The fraction of sp³-hybridized carbons (Fsp3) is 0. The van der Waals surface area contributed by atoms with E-state index in [0.717, 1.165) is 0 Å². The summed E-state index contributed by atoms with van der Waals surface area (Å²) in [7, 11) is -4.31. The molecule has 0 bridgehead atoms. The fourth-order valence-electron chi connectivity index (χ4n) is 6.85. The van der Waals surface area contributed by atoms with Gasteiger partial charge in [0.15, 0.2) is 128 Å². The van der Waals surface area contributed by atoms with Crippen LogP contribution in [-0.2, 0) is 0 Å². The van der Waals surface area contributed by atoms with Crippen LogP contribution in [0, 0.1) is 134 Å². The first-order valence-corrected chi connectivity index (χ1v) is 15.8. The molecule has 0 amide bonds. The van der Waals surface area contributed by atoms with E-state index in [9.17, 15) is 43.9 Å². The summed E-state index contributed by atoms with van der Waals surface area (Å²) in [5, 5.41) is -22.9. The summed E-state index contributed by atoms with van der Waals surface area (Å²) in [6.07, 6.45) is 0. The third-order valence-corrected chi connectivity index (χ3v) is 9.53. The number of hydrogen-bond acceptors (Lipinski definition) is 2. The van der Waals surface area contributed by atoms with Crippen molar-refractivity contribution in [1.82, 2.24) is 0 Å². The number of halogens is 23. The number of fused-ring (bicyclic) bond motifs is 2. The summed E-state index contributed by atoms with van der Waals surface area (Å²) in [6, 6.07) is 0. The van der Waals surface area contributed by atoms with Crippen molar-refractivity contribution in [1.29, 1.82) is 0 Å². The van der Waals surface area contributed by atoms with Crippen molar-refractivity contribution in [3.8, 4) is 11.5 Å². The van der Waals surface area contributed by atoms with E-state index in [1.54, 1.807) is 0 Å². The highest BCUT2D eigenvalue weighted by molar-refractivity contribution is 6.63. The molecule has 0 aliphatic carbocycles. The topological polar surface area (TPSA) is 18.5 Å². The van der Waals surface area contributed by atoms with Crippen LogP contribution in [0.3, 0.4) is 0 Å². The molecule has 0 radical (unpaired) electrons. The summed E-state index contributed by atoms with van der Waals surface area (Å²) in [6.45, 7) is 0. The molecule has 0 atom stereocenters. The third kappa shape index (κ3) is 5.10. The first-order valence-electron chi connectivity index (χ1n) is 15.8. The van der Waals surface area contributed by atoms with Gasteiger partial charge in [-0.1, -0.05) is 0 Å². The normalized spacial score (nSPS) is 12.1. The van der Waals surface area contributed by atoms with Crippen molar-refractivity contribution in [3.05, 3.63) is 134 Å². The Bertz CT molecular complexity index is 3360. The maximum Gasteiger partial charge on any atom is 0.639 e. The van der Waals surface area contributed by atoms with E-state index < -0.39 is 212 Å². The number of rotatable bonds is 5. The van der Waals surface area contributed by atoms with Crippen LogP contribution in [0.4, 0.5) is 101 Å². The Labute approximate surface area is 322 Å².